The molecule has 0 aromatic heterocycles. The Kier molecular flexibility index (Phi) is 7.86. The zero-order valence-corrected chi connectivity index (χ0v) is 16.3. The molecule has 1 N–H and O–H groups in total. The van der Waals surface area contributed by atoms with Crippen LogP contribution in [0.3, 0.4) is 0 Å². The number of carbonyl (C=O) groups is 2. The average molecular weight is 368 g/mol. The Hall–Kier alpha value is -2.82. The Morgan fingerprint density at radius 1 is 1.04 bits per heavy atom. The zero-order valence-electron chi connectivity index (χ0n) is 16.3. The molecule has 0 bridgehead atoms. The van der Waals surface area contributed by atoms with Gasteiger partial charge >= 0.3 is 0 Å². The van der Waals surface area contributed by atoms with E-state index in [0.29, 0.717) is 13.1 Å². The van der Waals surface area contributed by atoms with Crippen LogP contribution in [0.5, 0.6) is 5.75 Å². The Balaban J connectivity index is 1.83. The van der Waals surface area contributed by atoms with E-state index >= 15 is 0 Å². The van der Waals surface area contributed by atoms with Gasteiger partial charge in [-0.1, -0.05) is 30.3 Å². The largest absolute Gasteiger partial charge is 0.491 e. The molecule has 0 atom stereocenters. The second-order valence-corrected chi connectivity index (χ2v) is 6.67. The predicted molar refractivity (Wildman–Crippen MR) is 108 cm³/mol. The summed E-state index contributed by atoms with van der Waals surface area (Å²) in [5, 5.41) is 2.91. The average Bonchev–Trinajstić information content (AvgIpc) is 2.63. The molecule has 2 aromatic carbocycles. The summed E-state index contributed by atoms with van der Waals surface area (Å²) in [4.78, 5) is 25.7. The molecule has 0 radical (unpaired) electrons. The van der Waals surface area contributed by atoms with Crippen molar-refractivity contribution in [2.45, 2.75) is 39.7 Å². The van der Waals surface area contributed by atoms with E-state index in [1.165, 1.54) is 12.5 Å². The summed E-state index contributed by atoms with van der Waals surface area (Å²) in [5.74, 6) is 0.609. The maximum atomic E-state index is 12.1. The maximum Gasteiger partial charge on any atom is 0.223 e. The third-order valence-electron chi connectivity index (χ3n) is 4.04. The van der Waals surface area contributed by atoms with Crippen LogP contribution in [0, 0.1) is 0 Å². The van der Waals surface area contributed by atoms with Gasteiger partial charge in [-0.05, 0) is 50.1 Å². The van der Waals surface area contributed by atoms with Gasteiger partial charge in [0.05, 0.1) is 6.10 Å². The van der Waals surface area contributed by atoms with Crippen LogP contribution in [0.4, 0.5) is 5.69 Å². The quantitative estimate of drug-likeness (QED) is 0.736. The van der Waals surface area contributed by atoms with E-state index in [9.17, 15) is 9.59 Å². The van der Waals surface area contributed by atoms with Crippen LogP contribution in [0.1, 0.15) is 32.8 Å². The topological polar surface area (TPSA) is 58.6 Å². The lowest BCUT2D eigenvalue weighted by atomic mass is 10.1. The third-order valence-corrected chi connectivity index (χ3v) is 4.04. The van der Waals surface area contributed by atoms with E-state index in [1.807, 2.05) is 68.4 Å². The fourth-order valence-electron chi connectivity index (χ4n) is 2.74. The molecule has 27 heavy (non-hydrogen) atoms. The van der Waals surface area contributed by atoms with Gasteiger partial charge in [0.25, 0.3) is 0 Å². The fourth-order valence-corrected chi connectivity index (χ4v) is 2.74. The number of hydrogen-bond donors (Lipinski definition) is 1. The smallest absolute Gasteiger partial charge is 0.223 e. The minimum absolute atomic E-state index is 0.0584. The number of ether oxygens (including phenoxy) is 1. The molecule has 0 aliphatic heterocycles. The lowest BCUT2D eigenvalue weighted by Crippen LogP contribution is -2.34. The molecule has 0 aliphatic rings. The molecule has 2 rings (SSSR count). The zero-order chi connectivity index (χ0) is 19.6. The van der Waals surface area contributed by atoms with Gasteiger partial charge in [0, 0.05) is 32.1 Å². The van der Waals surface area contributed by atoms with Crippen LogP contribution in [-0.2, 0) is 16.0 Å². The van der Waals surface area contributed by atoms with Crippen molar-refractivity contribution in [2.24, 2.45) is 0 Å². The number of benzene rings is 2. The Bertz CT molecular complexity index is 727. The van der Waals surface area contributed by atoms with E-state index in [2.05, 4.69) is 5.32 Å². The van der Waals surface area contributed by atoms with Crippen molar-refractivity contribution in [1.82, 2.24) is 5.32 Å². The van der Waals surface area contributed by atoms with Gasteiger partial charge in [-0.25, -0.2) is 0 Å². The fraction of sp³-hybridized carbons (Fsp3) is 0.364. The van der Waals surface area contributed by atoms with Crippen LogP contribution < -0.4 is 15.0 Å². The van der Waals surface area contributed by atoms with E-state index in [0.717, 1.165) is 17.9 Å². The molecular formula is C22H28N2O3. The Morgan fingerprint density at radius 2 is 1.70 bits per heavy atom. The molecule has 0 saturated heterocycles. The number of nitrogens with one attached hydrogen (secondary N) is 1. The maximum absolute atomic E-state index is 12.1. The molecule has 0 heterocycles. The molecule has 0 fully saturated rings. The first-order valence-corrected chi connectivity index (χ1v) is 9.31. The molecule has 0 unspecified atom stereocenters. The minimum atomic E-state index is -0.0930. The summed E-state index contributed by atoms with van der Waals surface area (Å²) in [6.07, 6.45) is 1.15. The van der Waals surface area contributed by atoms with E-state index in [-0.39, 0.29) is 24.3 Å². The number of nitrogens with zero attached hydrogens (tertiary/aromatic N) is 1. The molecular weight excluding hydrogens is 340 g/mol. The number of carbonyl (C=O) groups excluding carboxylic acids is 2. The van der Waals surface area contributed by atoms with Crippen molar-refractivity contribution in [1.29, 1.82) is 0 Å². The number of anilines is 1. The van der Waals surface area contributed by atoms with Gasteiger partial charge in [0.2, 0.25) is 11.8 Å². The molecule has 0 saturated carbocycles. The molecule has 5 nitrogen and oxygen atoms in total. The number of rotatable bonds is 9. The summed E-state index contributed by atoms with van der Waals surface area (Å²) < 4.78 is 5.62. The molecule has 5 heteroatoms. The van der Waals surface area contributed by atoms with Crippen molar-refractivity contribution in [3.8, 4) is 5.75 Å². The lowest BCUT2D eigenvalue weighted by Gasteiger charge is -2.21. The second kappa shape index (κ2) is 10.4. The molecule has 0 aliphatic carbocycles. The van der Waals surface area contributed by atoms with Gasteiger partial charge in [0.15, 0.2) is 0 Å². The Morgan fingerprint density at radius 3 is 2.30 bits per heavy atom. The summed E-state index contributed by atoms with van der Waals surface area (Å²) in [6.45, 7) is 6.37. The van der Waals surface area contributed by atoms with Crippen LogP contribution in [0.2, 0.25) is 0 Å². The predicted octanol–water partition coefficient (Wildman–Crippen LogP) is 3.58. The van der Waals surface area contributed by atoms with E-state index in [1.54, 1.807) is 4.90 Å². The summed E-state index contributed by atoms with van der Waals surface area (Å²) >= 11 is 0. The standard InChI is InChI=1S/C22H28N2O3/c1-17(2)27-21-11-9-20(10-12-21)24(18(3)25)16-14-22(26)23-15-13-19-7-5-4-6-8-19/h4-12,17H,13-16H2,1-3H3,(H,23,26). The van der Waals surface area contributed by atoms with Gasteiger partial charge in [0.1, 0.15) is 5.75 Å². The summed E-state index contributed by atoms with van der Waals surface area (Å²) in [6, 6.07) is 17.4. The van der Waals surface area contributed by atoms with Crippen LogP contribution >= 0.6 is 0 Å². The van der Waals surface area contributed by atoms with Gasteiger partial charge in [-0.3, -0.25) is 9.59 Å². The molecule has 144 valence electrons. The van der Waals surface area contributed by atoms with Crippen molar-refractivity contribution >= 4 is 17.5 Å². The van der Waals surface area contributed by atoms with Crippen molar-refractivity contribution in [3.63, 3.8) is 0 Å². The first-order chi connectivity index (χ1) is 13.0. The van der Waals surface area contributed by atoms with E-state index in [4.69, 9.17) is 4.74 Å². The highest BCUT2D eigenvalue weighted by atomic mass is 16.5. The van der Waals surface area contributed by atoms with Gasteiger partial charge in [-0.2, -0.15) is 0 Å². The third kappa shape index (κ3) is 7.13. The van der Waals surface area contributed by atoms with Crippen molar-refractivity contribution in [3.05, 3.63) is 60.2 Å². The first kappa shape index (κ1) is 20.5. The van der Waals surface area contributed by atoms with Gasteiger partial charge in [-0.15, -0.1) is 0 Å². The first-order valence-electron chi connectivity index (χ1n) is 9.31. The van der Waals surface area contributed by atoms with Crippen molar-refractivity contribution < 1.29 is 14.3 Å². The van der Waals surface area contributed by atoms with Crippen molar-refractivity contribution in [2.75, 3.05) is 18.0 Å². The molecule has 2 aromatic rings. The number of amides is 2. The van der Waals surface area contributed by atoms with Crippen LogP contribution in [-0.4, -0.2) is 31.0 Å². The summed E-state index contributed by atoms with van der Waals surface area (Å²) in [7, 11) is 0. The normalized spacial score (nSPS) is 10.5. The SMILES string of the molecule is CC(=O)N(CCC(=O)NCCc1ccccc1)c1ccc(OC(C)C)cc1. The Labute approximate surface area is 161 Å². The van der Waals surface area contributed by atoms with Crippen LogP contribution in [0.25, 0.3) is 0 Å². The van der Waals surface area contributed by atoms with Gasteiger partial charge < -0.3 is 15.0 Å². The minimum Gasteiger partial charge on any atom is -0.491 e. The highest BCUT2D eigenvalue weighted by Gasteiger charge is 2.13. The molecule has 0 spiro atoms. The lowest BCUT2D eigenvalue weighted by molar-refractivity contribution is -0.121. The monoisotopic (exact) mass is 368 g/mol. The number of hydrogen-bond acceptors (Lipinski definition) is 3. The van der Waals surface area contributed by atoms with E-state index < -0.39 is 0 Å². The molecule has 2 amide bonds. The second-order valence-electron chi connectivity index (χ2n) is 6.67. The summed E-state index contributed by atoms with van der Waals surface area (Å²) in [5.41, 5.74) is 1.95. The highest BCUT2D eigenvalue weighted by Crippen LogP contribution is 2.20. The van der Waals surface area contributed by atoms with Crippen LogP contribution in [0.15, 0.2) is 54.6 Å². The highest BCUT2D eigenvalue weighted by molar-refractivity contribution is 5.92.